The van der Waals surface area contributed by atoms with Crippen LogP contribution >= 0.6 is 0 Å². The fourth-order valence-corrected chi connectivity index (χ4v) is 3.52. The Kier molecular flexibility index (Phi) is 5.27. The predicted molar refractivity (Wildman–Crippen MR) is 82.5 cm³/mol. The third-order valence-corrected chi connectivity index (χ3v) is 5.41. The van der Waals surface area contributed by atoms with Crippen molar-refractivity contribution in [3.05, 3.63) is 0 Å². The SMILES string of the molecule is CC(NCC1(C)CCN(C)CC1)C1CCCN(C)C1. The van der Waals surface area contributed by atoms with Gasteiger partial charge < -0.3 is 15.1 Å². The van der Waals surface area contributed by atoms with Gasteiger partial charge in [-0.05, 0) is 77.7 Å². The highest BCUT2D eigenvalue weighted by Crippen LogP contribution is 2.30. The lowest BCUT2D eigenvalue weighted by molar-refractivity contribution is 0.121. The molecule has 2 rings (SSSR count). The number of likely N-dealkylation sites (tertiary alicyclic amines) is 2. The summed E-state index contributed by atoms with van der Waals surface area (Å²) in [5, 5.41) is 3.85. The second-order valence-corrected chi connectivity index (χ2v) is 7.45. The molecule has 0 aromatic carbocycles. The standard InChI is InChI=1S/C16H33N3/c1-14(15-6-5-9-19(4)12-15)17-13-16(2)7-10-18(3)11-8-16/h14-15,17H,5-13H2,1-4H3. The summed E-state index contributed by atoms with van der Waals surface area (Å²) in [6.45, 7) is 11.1. The average Bonchev–Trinajstić information content (AvgIpc) is 2.40. The van der Waals surface area contributed by atoms with Gasteiger partial charge in [-0.3, -0.25) is 0 Å². The van der Waals surface area contributed by atoms with Crippen LogP contribution in [0.5, 0.6) is 0 Å². The largest absolute Gasteiger partial charge is 0.313 e. The molecule has 0 radical (unpaired) electrons. The van der Waals surface area contributed by atoms with E-state index in [1.807, 2.05) is 0 Å². The molecule has 112 valence electrons. The van der Waals surface area contributed by atoms with Crippen molar-refractivity contribution in [1.82, 2.24) is 15.1 Å². The van der Waals surface area contributed by atoms with Crippen LogP contribution in [0.2, 0.25) is 0 Å². The van der Waals surface area contributed by atoms with Crippen molar-refractivity contribution in [2.45, 2.75) is 45.6 Å². The van der Waals surface area contributed by atoms with Gasteiger partial charge in [-0.1, -0.05) is 6.92 Å². The Morgan fingerprint density at radius 2 is 1.84 bits per heavy atom. The van der Waals surface area contributed by atoms with Crippen molar-refractivity contribution in [2.75, 3.05) is 46.8 Å². The van der Waals surface area contributed by atoms with Gasteiger partial charge in [-0.2, -0.15) is 0 Å². The van der Waals surface area contributed by atoms with Gasteiger partial charge in [0, 0.05) is 19.1 Å². The zero-order valence-corrected chi connectivity index (χ0v) is 13.4. The Morgan fingerprint density at radius 3 is 2.47 bits per heavy atom. The molecular weight excluding hydrogens is 234 g/mol. The number of rotatable bonds is 4. The number of hydrogen-bond acceptors (Lipinski definition) is 3. The van der Waals surface area contributed by atoms with Crippen molar-refractivity contribution in [3.8, 4) is 0 Å². The highest BCUT2D eigenvalue weighted by molar-refractivity contribution is 4.86. The quantitative estimate of drug-likeness (QED) is 0.841. The van der Waals surface area contributed by atoms with E-state index in [4.69, 9.17) is 0 Å². The Hall–Kier alpha value is -0.120. The van der Waals surface area contributed by atoms with Crippen LogP contribution in [-0.2, 0) is 0 Å². The normalized spacial score (nSPS) is 31.3. The molecule has 1 N–H and O–H groups in total. The van der Waals surface area contributed by atoms with Crippen molar-refractivity contribution in [3.63, 3.8) is 0 Å². The fraction of sp³-hybridized carbons (Fsp3) is 1.00. The summed E-state index contributed by atoms with van der Waals surface area (Å²) in [5.74, 6) is 0.841. The third kappa shape index (κ3) is 4.44. The molecule has 3 heteroatoms. The molecule has 0 aromatic heterocycles. The van der Waals surface area contributed by atoms with E-state index < -0.39 is 0 Å². The van der Waals surface area contributed by atoms with Gasteiger partial charge in [0.25, 0.3) is 0 Å². The first kappa shape index (κ1) is 15.3. The van der Waals surface area contributed by atoms with Crippen molar-refractivity contribution < 1.29 is 0 Å². The Bertz CT molecular complexity index is 271. The first-order valence-electron chi connectivity index (χ1n) is 8.09. The maximum absolute atomic E-state index is 3.85. The van der Waals surface area contributed by atoms with E-state index in [0.717, 1.165) is 5.92 Å². The molecule has 19 heavy (non-hydrogen) atoms. The van der Waals surface area contributed by atoms with Crippen LogP contribution in [0.4, 0.5) is 0 Å². The minimum Gasteiger partial charge on any atom is -0.313 e. The summed E-state index contributed by atoms with van der Waals surface area (Å²) < 4.78 is 0. The van der Waals surface area contributed by atoms with Crippen LogP contribution in [0.25, 0.3) is 0 Å². The van der Waals surface area contributed by atoms with Crippen LogP contribution < -0.4 is 5.32 Å². The second-order valence-electron chi connectivity index (χ2n) is 7.45. The zero-order chi connectivity index (χ0) is 13.9. The Balaban J connectivity index is 1.75. The van der Waals surface area contributed by atoms with Crippen LogP contribution in [0.15, 0.2) is 0 Å². The topological polar surface area (TPSA) is 18.5 Å². The van der Waals surface area contributed by atoms with Crippen molar-refractivity contribution in [1.29, 1.82) is 0 Å². The molecule has 0 bridgehead atoms. The number of piperidine rings is 2. The predicted octanol–water partition coefficient (Wildman–Crippen LogP) is 2.04. The minimum atomic E-state index is 0.515. The van der Waals surface area contributed by atoms with Gasteiger partial charge >= 0.3 is 0 Å². The van der Waals surface area contributed by atoms with Crippen LogP contribution in [-0.4, -0.2) is 62.7 Å². The second kappa shape index (κ2) is 6.55. The van der Waals surface area contributed by atoms with Gasteiger partial charge in [-0.25, -0.2) is 0 Å². The molecule has 2 aliphatic rings. The van der Waals surface area contributed by atoms with E-state index in [-0.39, 0.29) is 0 Å². The molecular formula is C16H33N3. The van der Waals surface area contributed by atoms with E-state index in [1.54, 1.807) is 0 Å². The van der Waals surface area contributed by atoms with E-state index in [9.17, 15) is 0 Å². The lowest BCUT2D eigenvalue weighted by atomic mass is 9.80. The lowest BCUT2D eigenvalue weighted by Gasteiger charge is -2.40. The smallest absolute Gasteiger partial charge is 0.00794 e. The molecule has 0 amide bonds. The summed E-state index contributed by atoms with van der Waals surface area (Å²) in [5.41, 5.74) is 0.515. The lowest BCUT2D eigenvalue weighted by Crippen LogP contribution is -2.48. The molecule has 2 fully saturated rings. The minimum absolute atomic E-state index is 0.515. The van der Waals surface area contributed by atoms with Gasteiger partial charge in [0.15, 0.2) is 0 Å². The van der Waals surface area contributed by atoms with Crippen LogP contribution in [0, 0.1) is 11.3 Å². The molecule has 2 heterocycles. The van der Waals surface area contributed by atoms with Crippen molar-refractivity contribution >= 4 is 0 Å². The molecule has 0 aliphatic carbocycles. The van der Waals surface area contributed by atoms with E-state index >= 15 is 0 Å². The first-order chi connectivity index (χ1) is 8.98. The summed E-state index contributed by atoms with van der Waals surface area (Å²) in [4.78, 5) is 4.95. The Morgan fingerprint density at radius 1 is 1.16 bits per heavy atom. The van der Waals surface area contributed by atoms with Crippen LogP contribution in [0.1, 0.15) is 39.5 Å². The number of nitrogens with zero attached hydrogens (tertiary/aromatic N) is 2. The van der Waals surface area contributed by atoms with Gasteiger partial charge in [0.1, 0.15) is 0 Å². The van der Waals surface area contributed by atoms with E-state index in [1.165, 1.54) is 58.4 Å². The molecule has 2 aliphatic heterocycles. The van der Waals surface area contributed by atoms with Crippen LogP contribution in [0.3, 0.4) is 0 Å². The molecule has 0 aromatic rings. The summed E-state index contributed by atoms with van der Waals surface area (Å²) in [6, 6.07) is 0.666. The van der Waals surface area contributed by atoms with E-state index in [0.29, 0.717) is 11.5 Å². The highest BCUT2D eigenvalue weighted by atomic mass is 15.1. The summed E-state index contributed by atoms with van der Waals surface area (Å²) in [7, 11) is 4.50. The monoisotopic (exact) mass is 267 g/mol. The summed E-state index contributed by atoms with van der Waals surface area (Å²) >= 11 is 0. The third-order valence-electron chi connectivity index (χ3n) is 5.41. The van der Waals surface area contributed by atoms with Crippen molar-refractivity contribution in [2.24, 2.45) is 11.3 Å². The Labute approximate surface area is 119 Å². The first-order valence-corrected chi connectivity index (χ1v) is 8.09. The molecule has 2 unspecified atom stereocenters. The zero-order valence-electron chi connectivity index (χ0n) is 13.4. The van der Waals surface area contributed by atoms with Gasteiger partial charge in [0.2, 0.25) is 0 Å². The number of nitrogens with one attached hydrogen (secondary N) is 1. The van der Waals surface area contributed by atoms with Gasteiger partial charge in [-0.15, -0.1) is 0 Å². The maximum Gasteiger partial charge on any atom is 0.00794 e. The number of hydrogen-bond donors (Lipinski definition) is 1. The average molecular weight is 267 g/mol. The molecule has 3 nitrogen and oxygen atoms in total. The maximum atomic E-state index is 3.85. The highest BCUT2D eigenvalue weighted by Gasteiger charge is 2.30. The molecule has 2 atom stereocenters. The summed E-state index contributed by atoms with van der Waals surface area (Å²) in [6.07, 6.45) is 5.45. The molecule has 0 spiro atoms. The van der Waals surface area contributed by atoms with Gasteiger partial charge in [0.05, 0.1) is 0 Å². The van der Waals surface area contributed by atoms with E-state index in [2.05, 4.69) is 43.1 Å². The molecule has 0 saturated carbocycles. The molecule has 2 saturated heterocycles. The fourth-order valence-electron chi connectivity index (χ4n) is 3.52.